The molecule has 0 bridgehead atoms. The Hall–Kier alpha value is -4.45. The third-order valence-electron chi connectivity index (χ3n) is 7.65. The SMILES string of the molecule is C=Nc1cc(C2(CN3Cc4ccc(OC)cc4C3=O)NC(=O)NC2=O)oc1C=CC(=NC)N1CCN(CC)CC1. The van der Waals surface area contributed by atoms with Gasteiger partial charge in [-0.1, -0.05) is 13.0 Å². The largest absolute Gasteiger partial charge is 0.497 e. The highest BCUT2D eigenvalue weighted by atomic mass is 16.5. The van der Waals surface area contributed by atoms with E-state index in [0.29, 0.717) is 22.8 Å². The highest BCUT2D eigenvalue weighted by molar-refractivity contribution is 6.08. The fourth-order valence-corrected chi connectivity index (χ4v) is 5.35. The van der Waals surface area contributed by atoms with Crippen LogP contribution < -0.4 is 15.4 Å². The maximum Gasteiger partial charge on any atom is 0.322 e. The summed E-state index contributed by atoms with van der Waals surface area (Å²) in [7, 11) is 3.27. The number of hydrogen-bond donors (Lipinski definition) is 2. The minimum Gasteiger partial charge on any atom is -0.497 e. The molecule has 4 heterocycles. The van der Waals surface area contributed by atoms with Gasteiger partial charge in [0.05, 0.1) is 13.7 Å². The van der Waals surface area contributed by atoms with Crippen molar-refractivity contribution in [1.82, 2.24) is 25.3 Å². The molecule has 2 N–H and O–H groups in total. The highest BCUT2D eigenvalue weighted by Gasteiger charge is 2.53. The lowest BCUT2D eigenvalue weighted by Crippen LogP contribution is -2.52. The molecule has 2 fully saturated rings. The molecule has 1 aromatic heterocycles. The van der Waals surface area contributed by atoms with Crippen molar-refractivity contribution in [3.8, 4) is 5.75 Å². The average molecular weight is 548 g/mol. The van der Waals surface area contributed by atoms with Gasteiger partial charge in [-0.15, -0.1) is 0 Å². The fourth-order valence-electron chi connectivity index (χ4n) is 5.35. The zero-order valence-corrected chi connectivity index (χ0v) is 22.9. The molecule has 3 aliphatic heterocycles. The number of nitrogens with one attached hydrogen (secondary N) is 2. The van der Waals surface area contributed by atoms with Gasteiger partial charge in [0, 0.05) is 51.4 Å². The number of fused-ring (bicyclic) bond motifs is 1. The summed E-state index contributed by atoms with van der Waals surface area (Å²) in [5.41, 5.74) is 0.0320. The molecule has 2 saturated heterocycles. The maximum atomic E-state index is 13.3. The van der Waals surface area contributed by atoms with Crippen LogP contribution >= 0.6 is 0 Å². The van der Waals surface area contributed by atoms with Gasteiger partial charge >= 0.3 is 6.03 Å². The predicted molar refractivity (Wildman–Crippen MR) is 150 cm³/mol. The number of likely N-dealkylation sites (N-methyl/N-ethyl adjacent to an activating group) is 1. The van der Waals surface area contributed by atoms with E-state index in [2.05, 4.69) is 44.1 Å². The second-order valence-electron chi connectivity index (χ2n) is 9.85. The van der Waals surface area contributed by atoms with Crippen LogP contribution in [0.3, 0.4) is 0 Å². The number of amidine groups is 1. The Morgan fingerprint density at radius 1 is 1.20 bits per heavy atom. The summed E-state index contributed by atoms with van der Waals surface area (Å²) in [6.45, 7) is 10.6. The van der Waals surface area contributed by atoms with Crippen molar-refractivity contribution in [2.45, 2.75) is 19.0 Å². The number of benzene rings is 1. The van der Waals surface area contributed by atoms with E-state index >= 15 is 0 Å². The van der Waals surface area contributed by atoms with E-state index in [1.54, 1.807) is 31.3 Å². The van der Waals surface area contributed by atoms with Crippen molar-refractivity contribution in [3.63, 3.8) is 0 Å². The number of imide groups is 1. The van der Waals surface area contributed by atoms with Gasteiger partial charge in [0.2, 0.25) is 0 Å². The predicted octanol–water partition coefficient (Wildman–Crippen LogP) is 1.99. The number of nitrogens with zero attached hydrogens (tertiary/aromatic N) is 5. The summed E-state index contributed by atoms with van der Waals surface area (Å²) >= 11 is 0. The van der Waals surface area contributed by atoms with Crippen LogP contribution in [-0.2, 0) is 16.9 Å². The molecule has 0 aliphatic carbocycles. The van der Waals surface area contributed by atoms with Gasteiger partial charge < -0.3 is 29.2 Å². The summed E-state index contributed by atoms with van der Waals surface area (Å²) in [6.07, 6.45) is 3.57. The van der Waals surface area contributed by atoms with Crippen LogP contribution in [0.5, 0.6) is 5.75 Å². The summed E-state index contributed by atoms with van der Waals surface area (Å²) in [5.74, 6) is 0.952. The molecule has 1 aromatic carbocycles. The van der Waals surface area contributed by atoms with E-state index in [-0.39, 0.29) is 24.8 Å². The minimum atomic E-state index is -1.65. The Morgan fingerprint density at radius 2 is 1.98 bits per heavy atom. The number of hydrogen-bond acceptors (Lipinski definition) is 8. The fraction of sp³-hybridized carbons (Fsp3) is 0.393. The van der Waals surface area contributed by atoms with E-state index in [9.17, 15) is 14.4 Å². The summed E-state index contributed by atoms with van der Waals surface area (Å²) in [6, 6.07) is 6.15. The molecule has 12 nitrogen and oxygen atoms in total. The van der Waals surface area contributed by atoms with Crippen LogP contribution in [0.1, 0.15) is 34.4 Å². The number of amides is 4. The first-order valence-electron chi connectivity index (χ1n) is 13.1. The van der Waals surface area contributed by atoms with Crippen molar-refractivity contribution in [2.75, 3.05) is 53.4 Å². The Morgan fingerprint density at radius 3 is 2.60 bits per heavy atom. The van der Waals surface area contributed by atoms with Crippen LogP contribution in [0.25, 0.3) is 6.08 Å². The number of rotatable bonds is 8. The molecule has 1 atom stereocenters. The van der Waals surface area contributed by atoms with Crippen LogP contribution in [0.15, 0.2) is 44.7 Å². The summed E-state index contributed by atoms with van der Waals surface area (Å²) < 4.78 is 11.4. The lowest BCUT2D eigenvalue weighted by molar-refractivity contribution is -0.125. The van der Waals surface area contributed by atoms with Gasteiger partial charge in [-0.3, -0.25) is 24.9 Å². The monoisotopic (exact) mass is 547 g/mol. The number of ether oxygens (including phenoxy) is 1. The molecule has 2 aromatic rings. The molecule has 0 spiro atoms. The van der Waals surface area contributed by atoms with Crippen molar-refractivity contribution in [1.29, 1.82) is 0 Å². The zero-order chi connectivity index (χ0) is 28.4. The third kappa shape index (κ3) is 4.86. The molecular weight excluding hydrogens is 514 g/mol. The lowest BCUT2D eigenvalue weighted by Gasteiger charge is -2.35. The van der Waals surface area contributed by atoms with E-state index in [0.717, 1.165) is 44.1 Å². The first-order valence-corrected chi connectivity index (χ1v) is 13.1. The first-order chi connectivity index (χ1) is 19.3. The molecule has 5 rings (SSSR count). The van der Waals surface area contributed by atoms with Gasteiger partial charge in [-0.25, -0.2) is 4.79 Å². The van der Waals surface area contributed by atoms with Crippen molar-refractivity contribution in [3.05, 3.63) is 53.0 Å². The van der Waals surface area contributed by atoms with Crippen LogP contribution in [0, 0.1) is 0 Å². The Kier molecular flexibility index (Phi) is 7.44. The molecule has 1 unspecified atom stereocenters. The number of carbonyl (C=O) groups excluding carboxylic acids is 3. The van der Waals surface area contributed by atoms with Crippen molar-refractivity contribution < 1.29 is 23.5 Å². The lowest BCUT2D eigenvalue weighted by atomic mass is 9.95. The molecular formula is C28H33N7O5. The number of carbonyl (C=O) groups is 3. The number of urea groups is 1. The smallest absolute Gasteiger partial charge is 0.322 e. The molecule has 40 heavy (non-hydrogen) atoms. The number of piperazine rings is 1. The van der Waals surface area contributed by atoms with Crippen molar-refractivity contribution in [2.24, 2.45) is 9.98 Å². The van der Waals surface area contributed by atoms with E-state index in [1.807, 2.05) is 12.1 Å². The van der Waals surface area contributed by atoms with Gasteiger partial charge in [0.1, 0.15) is 23.0 Å². The van der Waals surface area contributed by atoms with Gasteiger partial charge in [-0.05, 0) is 43.1 Å². The normalized spacial score (nSPS) is 21.7. The second kappa shape index (κ2) is 11.0. The van der Waals surface area contributed by atoms with Crippen LogP contribution in [0.4, 0.5) is 10.5 Å². The maximum absolute atomic E-state index is 13.3. The van der Waals surface area contributed by atoms with Gasteiger partial charge in [0.15, 0.2) is 11.3 Å². The topological polar surface area (TPSA) is 132 Å². The van der Waals surface area contributed by atoms with E-state index in [1.165, 1.54) is 12.0 Å². The average Bonchev–Trinajstić information content (AvgIpc) is 3.62. The van der Waals surface area contributed by atoms with E-state index in [4.69, 9.17) is 9.15 Å². The summed E-state index contributed by atoms with van der Waals surface area (Å²) in [5, 5.41) is 4.99. The second-order valence-corrected chi connectivity index (χ2v) is 9.85. The Bertz CT molecular complexity index is 1410. The van der Waals surface area contributed by atoms with Crippen LogP contribution in [-0.4, -0.2) is 98.5 Å². The Labute approximate surface area is 232 Å². The molecule has 210 valence electrons. The zero-order valence-electron chi connectivity index (χ0n) is 22.9. The number of methoxy groups -OCH3 is 1. The molecule has 3 aliphatic rings. The minimum absolute atomic E-state index is 0.142. The summed E-state index contributed by atoms with van der Waals surface area (Å²) in [4.78, 5) is 53.5. The van der Waals surface area contributed by atoms with Crippen molar-refractivity contribution >= 4 is 42.2 Å². The molecule has 0 radical (unpaired) electrons. The first kappa shape index (κ1) is 27.1. The third-order valence-corrected chi connectivity index (χ3v) is 7.65. The number of aliphatic imine (C=N–C) groups is 2. The molecule has 4 amide bonds. The Balaban J connectivity index is 1.42. The van der Waals surface area contributed by atoms with Crippen LogP contribution in [0.2, 0.25) is 0 Å². The standard InChI is InChI=1S/C28H33N7O5/c1-5-33-10-12-34(13-11-33)24(30-3)9-8-22-21(29-2)15-23(40-22)28(26(37)31-27(38)32-28)17-35-16-18-6-7-19(39-4)14-20(18)25(35)36/h6-9,14-15H,2,5,10-13,16-17H2,1,3-4H3,(H2,31,32,37,38). The molecule has 12 heteroatoms. The number of furan rings is 1. The quantitative estimate of drug-likeness (QED) is 0.294. The molecule has 0 saturated carbocycles. The van der Waals surface area contributed by atoms with E-state index < -0.39 is 17.5 Å². The van der Waals surface area contributed by atoms with Gasteiger partial charge in [-0.2, -0.15) is 0 Å². The highest BCUT2D eigenvalue weighted by Crippen LogP contribution is 2.36. The van der Waals surface area contributed by atoms with Gasteiger partial charge in [0.25, 0.3) is 11.8 Å².